The Morgan fingerprint density at radius 2 is 1.79 bits per heavy atom. The molecule has 2 heterocycles. The number of thiophene rings is 1. The average molecular weight is 406 g/mol. The summed E-state index contributed by atoms with van der Waals surface area (Å²) in [4.78, 5) is 29.5. The summed E-state index contributed by atoms with van der Waals surface area (Å²) >= 11 is 1.41. The van der Waals surface area contributed by atoms with Crippen molar-refractivity contribution in [3.63, 3.8) is 0 Å². The molecule has 0 spiro atoms. The maximum absolute atomic E-state index is 13.0. The van der Waals surface area contributed by atoms with Gasteiger partial charge in [-0.2, -0.15) is 0 Å². The maximum Gasteiger partial charge on any atom is 0.324 e. The molecule has 148 valence electrons. The monoisotopic (exact) mass is 405 g/mol. The molecule has 0 aliphatic carbocycles. The van der Waals surface area contributed by atoms with Gasteiger partial charge in [-0.15, -0.1) is 11.3 Å². The normalized spacial score (nSPS) is 14.2. The molecule has 1 N–H and O–H groups in total. The minimum absolute atomic E-state index is 0.0206. The summed E-state index contributed by atoms with van der Waals surface area (Å²) in [7, 11) is 0. The van der Waals surface area contributed by atoms with Crippen LogP contribution in [0.25, 0.3) is 0 Å². The number of nitrogens with one attached hydrogen (secondary N) is 1. The van der Waals surface area contributed by atoms with Crippen LogP contribution < -0.4 is 10.2 Å². The van der Waals surface area contributed by atoms with Gasteiger partial charge < -0.3 is 10.2 Å². The zero-order chi connectivity index (χ0) is 20.2. The number of amides is 3. The van der Waals surface area contributed by atoms with E-state index >= 15 is 0 Å². The van der Waals surface area contributed by atoms with Crippen LogP contribution in [-0.4, -0.2) is 29.9 Å². The van der Waals surface area contributed by atoms with Crippen molar-refractivity contribution in [3.8, 4) is 0 Å². The van der Waals surface area contributed by atoms with Gasteiger partial charge in [-0.1, -0.05) is 35.9 Å². The van der Waals surface area contributed by atoms with Crippen molar-refractivity contribution in [3.05, 3.63) is 82.0 Å². The molecular weight excluding hydrogens is 382 g/mol. The van der Waals surface area contributed by atoms with E-state index in [9.17, 15) is 9.59 Å². The van der Waals surface area contributed by atoms with Crippen LogP contribution in [0.5, 0.6) is 0 Å². The van der Waals surface area contributed by atoms with E-state index in [1.54, 1.807) is 6.07 Å². The number of carbonyl (C=O) groups excluding carboxylic acids is 2. The lowest BCUT2D eigenvalue weighted by Crippen LogP contribution is -2.49. The molecule has 1 aromatic heterocycles. The molecule has 1 saturated heterocycles. The molecule has 0 radical (unpaired) electrons. The van der Waals surface area contributed by atoms with Gasteiger partial charge in [0.2, 0.25) is 0 Å². The number of nitrogens with zero attached hydrogens (tertiary/aromatic N) is 2. The van der Waals surface area contributed by atoms with Crippen molar-refractivity contribution in [1.29, 1.82) is 0 Å². The van der Waals surface area contributed by atoms with Gasteiger partial charge >= 0.3 is 6.03 Å². The average Bonchev–Trinajstić information content (AvgIpc) is 3.27. The van der Waals surface area contributed by atoms with Crippen LogP contribution in [0.1, 0.15) is 27.2 Å². The van der Waals surface area contributed by atoms with Crippen molar-refractivity contribution >= 4 is 34.6 Å². The Bertz CT molecular complexity index is 982. The van der Waals surface area contributed by atoms with Gasteiger partial charge in [-0.3, -0.25) is 9.69 Å². The third-order valence-electron chi connectivity index (χ3n) is 4.99. The number of anilines is 2. The van der Waals surface area contributed by atoms with Crippen LogP contribution in [0, 0.1) is 6.92 Å². The maximum atomic E-state index is 13.0. The Morgan fingerprint density at radius 1 is 1.03 bits per heavy atom. The van der Waals surface area contributed by atoms with Crippen LogP contribution in [-0.2, 0) is 6.54 Å². The predicted octanol–water partition coefficient (Wildman–Crippen LogP) is 5.14. The molecule has 0 saturated carbocycles. The van der Waals surface area contributed by atoms with Gasteiger partial charge in [0, 0.05) is 31.0 Å². The molecule has 2 aromatic carbocycles. The molecule has 1 aliphatic rings. The number of carbonyl (C=O) groups is 2. The van der Waals surface area contributed by atoms with E-state index in [1.807, 2.05) is 45.5 Å². The lowest BCUT2D eigenvalue weighted by Gasteiger charge is -2.35. The third-order valence-corrected chi connectivity index (χ3v) is 5.86. The Labute approximate surface area is 174 Å². The van der Waals surface area contributed by atoms with Crippen LogP contribution >= 0.6 is 11.3 Å². The molecular formula is C23H23N3O2S. The molecule has 29 heavy (non-hydrogen) atoms. The van der Waals surface area contributed by atoms with Crippen molar-refractivity contribution in [1.82, 2.24) is 4.90 Å². The highest BCUT2D eigenvalue weighted by atomic mass is 32.1. The summed E-state index contributed by atoms with van der Waals surface area (Å²) in [6, 6.07) is 19.4. The van der Waals surface area contributed by atoms with E-state index in [0.717, 1.165) is 24.2 Å². The number of rotatable bonds is 5. The first-order valence-electron chi connectivity index (χ1n) is 9.67. The first-order valence-corrected chi connectivity index (χ1v) is 10.5. The molecule has 5 nitrogen and oxygen atoms in total. The van der Waals surface area contributed by atoms with Crippen LogP contribution in [0.2, 0.25) is 0 Å². The van der Waals surface area contributed by atoms with Crippen LogP contribution in [0.3, 0.4) is 0 Å². The first-order chi connectivity index (χ1) is 14.1. The van der Waals surface area contributed by atoms with Crippen molar-refractivity contribution in [2.45, 2.75) is 19.9 Å². The molecule has 1 fully saturated rings. The van der Waals surface area contributed by atoms with Gasteiger partial charge in [-0.25, -0.2) is 4.79 Å². The van der Waals surface area contributed by atoms with Gasteiger partial charge in [-0.05, 0) is 54.6 Å². The first kappa shape index (κ1) is 19.2. The fraction of sp³-hybridized carbons (Fsp3) is 0.217. The van der Waals surface area contributed by atoms with E-state index in [2.05, 4.69) is 36.5 Å². The topological polar surface area (TPSA) is 52.6 Å². The lowest BCUT2D eigenvalue weighted by atomic mass is 10.1. The summed E-state index contributed by atoms with van der Waals surface area (Å²) in [6.07, 6.45) is 0.925. The summed E-state index contributed by atoms with van der Waals surface area (Å²) in [6.45, 7) is 4.14. The zero-order valence-electron chi connectivity index (χ0n) is 16.3. The molecule has 0 unspecified atom stereocenters. The van der Waals surface area contributed by atoms with E-state index in [1.165, 1.54) is 16.9 Å². The second kappa shape index (κ2) is 8.49. The molecule has 0 bridgehead atoms. The van der Waals surface area contributed by atoms with Crippen molar-refractivity contribution in [2.75, 3.05) is 23.3 Å². The molecule has 0 atom stereocenters. The quantitative estimate of drug-likeness (QED) is 0.639. The largest absolute Gasteiger partial charge is 0.324 e. The Morgan fingerprint density at radius 3 is 2.48 bits per heavy atom. The van der Waals surface area contributed by atoms with E-state index < -0.39 is 0 Å². The Balaban J connectivity index is 1.42. The van der Waals surface area contributed by atoms with Crippen LogP contribution in [0.4, 0.5) is 16.2 Å². The van der Waals surface area contributed by atoms with Crippen LogP contribution in [0.15, 0.2) is 66.0 Å². The van der Waals surface area contributed by atoms with Crippen molar-refractivity contribution < 1.29 is 9.59 Å². The van der Waals surface area contributed by atoms with Gasteiger partial charge in [0.1, 0.15) is 0 Å². The van der Waals surface area contributed by atoms with Gasteiger partial charge in [0.25, 0.3) is 5.91 Å². The fourth-order valence-corrected chi connectivity index (χ4v) is 4.03. The summed E-state index contributed by atoms with van der Waals surface area (Å²) in [5.41, 5.74) is 3.91. The molecule has 1 aliphatic heterocycles. The van der Waals surface area contributed by atoms with E-state index in [0.29, 0.717) is 23.7 Å². The summed E-state index contributed by atoms with van der Waals surface area (Å²) in [5, 5.41) is 4.77. The van der Waals surface area contributed by atoms with E-state index in [4.69, 9.17) is 0 Å². The highest BCUT2D eigenvalue weighted by Crippen LogP contribution is 2.24. The standard InChI is InChI=1S/C23H23N3O2S/c1-17-5-7-18(8-6-17)16-25-13-3-14-26(23(25)28)20-11-9-19(10-12-20)24-22(27)21-4-2-15-29-21/h2,4-12,15H,3,13-14,16H2,1H3,(H,24,27). The Hall–Kier alpha value is -3.12. The van der Waals surface area contributed by atoms with Gasteiger partial charge in [0.05, 0.1) is 4.88 Å². The van der Waals surface area contributed by atoms with Crippen molar-refractivity contribution in [2.24, 2.45) is 0 Å². The third kappa shape index (κ3) is 4.49. The predicted molar refractivity (Wildman–Crippen MR) is 118 cm³/mol. The zero-order valence-corrected chi connectivity index (χ0v) is 17.1. The number of aryl methyl sites for hydroxylation is 1. The lowest BCUT2D eigenvalue weighted by molar-refractivity contribution is 0.103. The minimum atomic E-state index is -0.119. The number of hydrogen-bond acceptors (Lipinski definition) is 3. The molecule has 4 rings (SSSR count). The van der Waals surface area contributed by atoms with Gasteiger partial charge in [0.15, 0.2) is 0 Å². The van der Waals surface area contributed by atoms with E-state index in [-0.39, 0.29) is 11.9 Å². The number of urea groups is 1. The number of benzene rings is 2. The highest BCUT2D eigenvalue weighted by Gasteiger charge is 2.26. The molecule has 6 heteroatoms. The fourth-order valence-electron chi connectivity index (χ4n) is 3.41. The Kier molecular flexibility index (Phi) is 5.62. The summed E-state index contributed by atoms with van der Waals surface area (Å²) in [5.74, 6) is -0.119. The highest BCUT2D eigenvalue weighted by molar-refractivity contribution is 7.12. The summed E-state index contributed by atoms with van der Waals surface area (Å²) < 4.78 is 0. The number of hydrogen-bond donors (Lipinski definition) is 1. The second-order valence-corrected chi connectivity index (χ2v) is 8.12. The SMILES string of the molecule is Cc1ccc(CN2CCCN(c3ccc(NC(=O)c4cccs4)cc3)C2=O)cc1. The minimum Gasteiger partial charge on any atom is -0.321 e. The smallest absolute Gasteiger partial charge is 0.321 e. The molecule has 3 amide bonds. The molecule has 3 aromatic rings. The second-order valence-electron chi connectivity index (χ2n) is 7.17.